The summed E-state index contributed by atoms with van der Waals surface area (Å²) in [5.74, 6) is -0.552. The van der Waals surface area contributed by atoms with E-state index < -0.39 is 0 Å². The highest BCUT2D eigenvalue weighted by Gasteiger charge is 2.29. The minimum Gasteiger partial charge on any atom is -0.354 e. The van der Waals surface area contributed by atoms with Gasteiger partial charge in [0.2, 0.25) is 5.91 Å². The molecule has 2 aromatic rings. The van der Waals surface area contributed by atoms with Crippen LogP contribution in [0, 0.1) is 11.7 Å². The number of nitrogens with zero attached hydrogens (tertiary/aromatic N) is 2. The molecule has 0 spiro atoms. The van der Waals surface area contributed by atoms with Crippen LogP contribution in [0.2, 0.25) is 0 Å². The lowest BCUT2D eigenvalue weighted by molar-refractivity contribution is -0.126. The highest BCUT2D eigenvalue weighted by molar-refractivity contribution is 7.12. The molecule has 1 aromatic carbocycles. The summed E-state index contributed by atoms with van der Waals surface area (Å²) in [4.78, 5) is 29.7. The molecule has 0 saturated carbocycles. The molecule has 0 bridgehead atoms. The number of hydrogen-bond donors (Lipinski definition) is 1. The Balaban J connectivity index is 1.59. The smallest absolute Gasteiger partial charge is 0.263 e. The Morgan fingerprint density at radius 1 is 1.32 bits per heavy atom. The Bertz CT molecular complexity index is 810. The van der Waals surface area contributed by atoms with Crippen LogP contribution in [0.25, 0.3) is 0 Å². The molecule has 2 heterocycles. The van der Waals surface area contributed by atoms with E-state index >= 15 is 0 Å². The number of thiophene rings is 1. The average Bonchev–Trinajstić information content (AvgIpc) is 3.22. The van der Waals surface area contributed by atoms with E-state index in [9.17, 15) is 14.0 Å². The lowest BCUT2D eigenvalue weighted by Gasteiger charge is -2.32. The van der Waals surface area contributed by atoms with Crippen LogP contribution in [-0.2, 0) is 4.79 Å². The van der Waals surface area contributed by atoms with E-state index in [2.05, 4.69) is 5.32 Å². The van der Waals surface area contributed by atoms with Gasteiger partial charge in [-0.3, -0.25) is 9.59 Å². The highest BCUT2D eigenvalue weighted by atomic mass is 32.1. The summed E-state index contributed by atoms with van der Waals surface area (Å²) in [7, 11) is 3.81. The van der Waals surface area contributed by atoms with Crippen molar-refractivity contribution in [1.29, 1.82) is 0 Å². The van der Waals surface area contributed by atoms with Gasteiger partial charge in [-0.25, -0.2) is 4.39 Å². The first-order valence-corrected chi connectivity index (χ1v) is 10.4. The second kappa shape index (κ2) is 9.30. The van der Waals surface area contributed by atoms with Crippen molar-refractivity contribution in [2.45, 2.75) is 18.9 Å². The first-order valence-electron chi connectivity index (χ1n) is 9.48. The Kier molecular flexibility index (Phi) is 6.80. The molecule has 1 aliphatic rings. The van der Waals surface area contributed by atoms with Crippen LogP contribution in [-0.4, -0.2) is 55.3 Å². The summed E-state index contributed by atoms with van der Waals surface area (Å²) in [5, 5.41) is 4.89. The van der Waals surface area contributed by atoms with E-state index in [0.717, 1.165) is 18.4 Å². The minimum atomic E-state index is -0.286. The van der Waals surface area contributed by atoms with E-state index in [1.807, 2.05) is 42.6 Å². The topological polar surface area (TPSA) is 52.7 Å². The Hall–Kier alpha value is -2.25. The van der Waals surface area contributed by atoms with Gasteiger partial charge in [-0.1, -0.05) is 18.2 Å². The second-order valence-electron chi connectivity index (χ2n) is 7.35. The first kappa shape index (κ1) is 20.5. The van der Waals surface area contributed by atoms with Crippen molar-refractivity contribution in [2.75, 3.05) is 33.7 Å². The van der Waals surface area contributed by atoms with Crippen molar-refractivity contribution in [3.8, 4) is 0 Å². The number of rotatable bonds is 6. The molecule has 2 atom stereocenters. The summed E-state index contributed by atoms with van der Waals surface area (Å²) in [6, 6.07) is 10.0. The van der Waals surface area contributed by atoms with Crippen molar-refractivity contribution >= 4 is 23.2 Å². The van der Waals surface area contributed by atoms with Gasteiger partial charge in [0.15, 0.2) is 0 Å². The number of halogens is 1. The summed E-state index contributed by atoms with van der Waals surface area (Å²) < 4.78 is 13.6. The molecule has 3 rings (SSSR count). The summed E-state index contributed by atoms with van der Waals surface area (Å²) in [6.45, 7) is 1.52. The van der Waals surface area contributed by atoms with Crippen molar-refractivity contribution < 1.29 is 14.0 Å². The van der Waals surface area contributed by atoms with Gasteiger partial charge in [0, 0.05) is 19.6 Å². The van der Waals surface area contributed by atoms with E-state index in [-0.39, 0.29) is 29.6 Å². The van der Waals surface area contributed by atoms with Crippen LogP contribution in [0.3, 0.4) is 0 Å². The molecule has 2 amide bonds. The Morgan fingerprint density at radius 2 is 2.14 bits per heavy atom. The van der Waals surface area contributed by atoms with E-state index in [0.29, 0.717) is 24.5 Å². The molecule has 0 aliphatic carbocycles. The predicted octanol–water partition coefficient (Wildman–Crippen LogP) is 3.16. The van der Waals surface area contributed by atoms with Gasteiger partial charge in [0.05, 0.1) is 16.8 Å². The summed E-state index contributed by atoms with van der Waals surface area (Å²) in [5.41, 5.74) is 0.823. The third kappa shape index (κ3) is 4.97. The van der Waals surface area contributed by atoms with Gasteiger partial charge in [-0.15, -0.1) is 11.3 Å². The molecule has 1 N–H and O–H groups in total. The number of nitrogens with one attached hydrogen (secondary N) is 1. The van der Waals surface area contributed by atoms with Gasteiger partial charge >= 0.3 is 0 Å². The van der Waals surface area contributed by atoms with Gasteiger partial charge < -0.3 is 15.1 Å². The fourth-order valence-corrected chi connectivity index (χ4v) is 4.28. The number of benzene rings is 1. The van der Waals surface area contributed by atoms with Crippen molar-refractivity contribution in [1.82, 2.24) is 15.1 Å². The normalized spacial score (nSPS) is 18.1. The number of piperidine rings is 1. The molecule has 7 heteroatoms. The quantitative estimate of drug-likeness (QED) is 0.806. The van der Waals surface area contributed by atoms with Crippen LogP contribution in [0.4, 0.5) is 4.39 Å². The molecule has 0 radical (unpaired) electrons. The molecular formula is C21H26FN3O2S. The van der Waals surface area contributed by atoms with Crippen LogP contribution < -0.4 is 5.32 Å². The van der Waals surface area contributed by atoms with Crippen molar-refractivity contribution in [3.05, 3.63) is 58.0 Å². The SMILES string of the molecule is CN(C)[C@@H](CNC(=O)[C@H]1CCCN(C(=O)c2cccs2)C1)c1cccc(F)c1. The molecule has 1 fully saturated rings. The molecule has 5 nitrogen and oxygen atoms in total. The van der Waals surface area contributed by atoms with Crippen LogP contribution in [0.1, 0.15) is 34.1 Å². The second-order valence-corrected chi connectivity index (χ2v) is 8.29. The van der Waals surface area contributed by atoms with E-state index in [1.165, 1.54) is 23.5 Å². The maximum absolute atomic E-state index is 13.6. The third-order valence-electron chi connectivity index (χ3n) is 5.14. The fourth-order valence-electron chi connectivity index (χ4n) is 3.59. The van der Waals surface area contributed by atoms with Crippen molar-refractivity contribution in [2.24, 2.45) is 5.92 Å². The number of amides is 2. The molecule has 150 valence electrons. The molecule has 1 aliphatic heterocycles. The van der Waals surface area contributed by atoms with E-state index in [4.69, 9.17) is 0 Å². The van der Waals surface area contributed by atoms with Crippen LogP contribution in [0.5, 0.6) is 0 Å². The molecule has 1 aromatic heterocycles. The number of carbonyl (C=O) groups is 2. The van der Waals surface area contributed by atoms with Gasteiger partial charge in [-0.2, -0.15) is 0 Å². The summed E-state index contributed by atoms with van der Waals surface area (Å²) >= 11 is 1.42. The van der Waals surface area contributed by atoms with Crippen LogP contribution in [0.15, 0.2) is 41.8 Å². The van der Waals surface area contributed by atoms with Gasteiger partial charge in [0.25, 0.3) is 5.91 Å². The fraction of sp³-hybridized carbons (Fsp3) is 0.429. The number of likely N-dealkylation sites (tertiary alicyclic amines) is 1. The molecule has 1 saturated heterocycles. The lowest BCUT2D eigenvalue weighted by atomic mass is 9.96. The average molecular weight is 404 g/mol. The Labute approximate surface area is 169 Å². The predicted molar refractivity (Wildman–Crippen MR) is 109 cm³/mol. The molecule has 28 heavy (non-hydrogen) atoms. The number of hydrogen-bond acceptors (Lipinski definition) is 4. The summed E-state index contributed by atoms with van der Waals surface area (Å²) in [6.07, 6.45) is 1.59. The first-order chi connectivity index (χ1) is 13.5. The molecule has 0 unspecified atom stereocenters. The zero-order chi connectivity index (χ0) is 20.1. The van der Waals surface area contributed by atoms with Gasteiger partial charge in [0.1, 0.15) is 5.82 Å². The van der Waals surface area contributed by atoms with Crippen LogP contribution >= 0.6 is 11.3 Å². The standard InChI is InChI=1S/C21H26FN3O2S/c1-24(2)18(15-6-3-8-17(22)12-15)13-23-20(26)16-7-4-10-25(14-16)21(27)19-9-5-11-28-19/h3,5-6,8-9,11-12,16,18H,4,7,10,13-14H2,1-2H3,(H,23,26)/t16-,18-/m0/s1. The zero-order valence-corrected chi connectivity index (χ0v) is 17.0. The highest BCUT2D eigenvalue weighted by Crippen LogP contribution is 2.22. The maximum atomic E-state index is 13.6. The van der Waals surface area contributed by atoms with Crippen molar-refractivity contribution in [3.63, 3.8) is 0 Å². The zero-order valence-electron chi connectivity index (χ0n) is 16.2. The minimum absolute atomic E-state index is 0.00145. The lowest BCUT2D eigenvalue weighted by Crippen LogP contribution is -2.46. The molecular weight excluding hydrogens is 377 g/mol. The largest absolute Gasteiger partial charge is 0.354 e. The third-order valence-corrected chi connectivity index (χ3v) is 6.00. The maximum Gasteiger partial charge on any atom is 0.263 e. The van der Waals surface area contributed by atoms with E-state index in [1.54, 1.807) is 11.0 Å². The number of carbonyl (C=O) groups excluding carboxylic acids is 2. The number of likely N-dealkylation sites (N-methyl/N-ethyl adjacent to an activating group) is 1. The van der Waals surface area contributed by atoms with Gasteiger partial charge in [-0.05, 0) is 56.1 Å². The monoisotopic (exact) mass is 403 g/mol. The Morgan fingerprint density at radius 3 is 2.82 bits per heavy atom.